The van der Waals surface area contributed by atoms with Gasteiger partial charge in [0.25, 0.3) is 0 Å². The van der Waals surface area contributed by atoms with Gasteiger partial charge in [-0.15, -0.1) is 0 Å². The lowest BCUT2D eigenvalue weighted by molar-refractivity contribution is 1.23. The number of benzene rings is 2. The third-order valence-electron chi connectivity index (χ3n) is 3.68. The Hall–Kier alpha value is -2.06. The van der Waals surface area contributed by atoms with Crippen LogP contribution in [0.4, 0.5) is 0 Å². The monoisotopic (exact) mass is 307 g/mol. The largest absolute Gasteiger partial charge is 0.255 e. The van der Waals surface area contributed by atoms with E-state index in [4.69, 9.17) is 4.98 Å². The van der Waals surface area contributed by atoms with E-state index in [-0.39, 0.29) is 0 Å². The topological polar surface area (TPSA) is 12.9 Å². The van der Waals surface area contributed by atoms with Gasteiger partial charge in [0.05, 0.1) is 5.69 Å². The molecule has 0 saturated heterocycles. The summed E-state index contributed by atoms with van der Waals surface area (Å²) in [6.45, 7) is 0. The lowest BCUT2D eigenvalue weighted by Crippen LogP contribution is -1.98. The van der Waals surface area contributed by atoms with Crippen LogP contribution in [-0.2, 0) is 0 Å². The predicted octanol–water partition coefficient (Wildman–Crippen LogP) is 5.47. The third-order valence-corrected chi connectivity index (χ3v) is 5.33. The fourth-order valence-electron chi connectivity index (χ4n) is 2.54. The van der Waals surface area contributed by atoms with Gasteiger partial charge in [-0.1, -0.05) is 60.7 Å². The summed E-state index contributed by atoms with van der Waals surface area (Å²) in [5.74, 6) is 0. The maximum Gasteiger partial charge on any atom is 0.0708 e. The average molecular weight is 307 g/mol. The van der Waals surface area contributed by atoms with Crippen molar-refractivity contribution >= 4 is 10.0 Å². The maximum absolute atomic E-state index is 4.72. The Morgan fingerprint density at radius 2 is 1.27 bits per heavy atom. The number of hydrogen-bond donors (Lipinski definition) is 0. The minimum atomic E-state index is -0.843. The van der Waals surface area contributed by atoms with E-state index in [0.717, 1.165) is 11.3 Å². The summed E-state index contributed by atoms with van der Waals surface area (Å²) >= 11 is 0. The van der Waals surface area contributed by atoms with Crippen molar-refractivity contribution in [2.75, 3.05) is 18.8 Å². The smallest absolute Gasteiger partial charge is 0.0708 e. The van der Waals surface area contributed by atoms with Crippen LogP contribution in [0.5, 0.6) is 0 Å². The highest BCUT2D eigenvalue weighted by molar-refractivity contribution is 8.32. The van der Waals surface area contributed by atoms with E-state index in [1.54, 1.807) is 0 Å². The van der Waals surface area contributed by atoms with Crippen molar-refractivity contribution in [2.24, 2.45) is 0 Å². The van der Waals surface area contributed by atoms with Crippen molar-refractivity contribution in [2.45, 2.75) is 4.90 Å². The Bertz CT molecular complexity index is 759. The van der Waals surface area contributed by atoms with Gasteiger partial charge in [-0.25, -0.2) is 10.0 Å². The highest BCUT2D eigenvalue weighted by atomic mass is 32.3. The van der Waals surface area contributed by atoms with E-state index in [0.29, 0.717) is 0 Å². The van der Waals surface area contributed by atoms with E-state index in [1.807, 2.05) is 6.07 Å². The summed E-state index contributed by atoms with van der Waals surface area (Å²) in [5.41, 5.74) is 4.76. The summed E-state index contributed by atoms with van der Waals surface area (Å²) < 4.78 is 0. The molecule has 2 aromatic carbocycles. The third kappa shape index (κ3) is 3.07. The van der Waals surface area contributed by atoms with E-state index >= 15 is 0 Å². The molecule has 0 amide bonds. The molecule has 0 atom stereocenters. The summed E-state index contributed by atoms with van der Waals surface area (Å²) in [6, 6.07) is 23.2. The second kappa shape index (κ2) is 5.98. The molecule has 2 heteroatoms. The van der Waals surface area contributed by atoms with Gasteiger partial charge >= 0.3 is 0 Å². The number of hydrogen-bond acceptors (Lipinski definition) is 1. The molecule has 22 heavy (non-hydrogen) atoms. The molecule has 1 aromatic heterocycles. The highest BCUT2D eigenvalue weighted by Crippen LogP contribution is 2.50. The van der Waals surface area contributed by atoms with Crippen LogP contribution in [-0.4, -0.2) is 23.8 Å². The molecule has 0 bridgehead atoms. The van der Waals surface area contributed by atoms with Crippen molar-refractivity contribution in [1.29, 1.82) is 0 Å². The molecule has 0 aliphatic rings. The first-order valence-corrected chi connectivity index (χ1v) is 10.2. The zero-order chi connectivity index (χ0) is 15.6. The molecule has 3 aromatic rings. The van der Waals surface area contributed by atoms with Crippen LogP contribution in [0.1, 0.15) is 0 Å². The van der Waals surface area contributed by atoms with E-state index in [1.165, 1.54) is 16.0 Å². The van der Waals surface area contributed by atoms with Crippen molar-refractivity contribution in [3.05, 3.63) is 72.9 Å². The Labute approximate surface area is 134 Å². The molecular formula is C20H21NS. The first-order chi connectivity index (χ1) is 10.6. The zero-order valence-corrected chi connectivity index (χ0v) is 14.1. The number of aromatic nitrogens is 1. The molecular weight excluding hydrogens is 286 g/mol. The molecule has 112 valence electrons. The van der Waals surface area contributed by atoms with Crippen molar-refractivity contribution in [3.63, 3.8) is 0 Å². The van der Waals surface area contributed by atoms with E-state index in [9.17, 15) is 0 Å². The van der Waals surface area contributed by atoms with Crippen molar-refractivity contribution in [3.8, 4) is 22.4 Å². The Morgan fingerprint density at radius 1 is 0.727 bits per heavy atom. The minimum Gasteiger partial charge on any atom is -0.255 e. The second-order valence-electron chi connectivity index (χ2n) is 6.13. The van der Waals surface area contributed by atoms with Crippen LogP contribution in [0.2, 0.25) is 0 Å². The average Bonchev–Trinajstić information content (AvgIpc) is 2.55. The number of pyridine rings is 1. The second-order valence-corrected chi connectivity index (χ2v) is 10.2. The molecule has 1 nitrogen and oxygen atoms in total. The number of rotatable bonds is 3. The SMILES string of the molecule is CS(C)(C)c1cnc(-c2ccccc2)cc1-c1ccccc1. The predicted molar refractivity (Wildman–Crippen MR) is 98.7 cm³/mol. The fourth-order valence-corrected chi connectivity index (χ4v) is 3.75. The lowest BCUT2D eigenvalue weighted by Gasteiger charge is -2.28. The van der Waals surface area contributed by atoms with Crippen LogP contribution in [0.15, 0.2) is 77.8 Å². The molecule has 0 spiro atoms. The van der Waals surface area contributed by atoms with Crippen LogP contribution in [0.3, 0.4) is 0 Å². The quantitative estimate of drug-likeness (QED) is 0.625. The molecule has 0 N–H and O–H groups in total. The molecule has 0 radical (unpaired) electrons. The standard InChI is InChI=1S/C20H21NS/c1-22(2,3)20-15-21-19(17-12-8-5-9-13-17)14-18(20)16-10-6-4-7-11-16/h4-15H,1-3H3. The highest BCUT2D eigenvalue weighted by Gasteiger charge is 2.16. The maximum atomic E-state index is 4.72. The molecule has 0 unspecified atom stereocenters. The van der Waals surface area contributed by atoms with Gasteiger partial charge < -0.3 is 0 Å². The number of nitrogens with zero attached hydrogens (tertiary/aromatic N) is 1. The van der Waals surface area contributed by atoms with Gasteiger partial charge in [-0.05, 0) is 36.0 Å². The van der Waals surface area contributed by atoms with Crippen LogP contribution < -0.4 is 0 Å². The van der Waals surface area contributed by atoms with E-state index in [2.05, 4.69) is 85.6 Å². The summed E-state index contributed by atoms with van der Waals surface area (Å²) in [4.78, 5) is 6.08. The van der Waals surface area contributed by atoms with Gasteiger partial charge in [0, 0.05) is 16.7 Å². The van der Waals surface area contributed by atoms with Crippen molar-refractivity contribution in [1.82, 2.24) is 4.98 Å². The van der Waals surface area contributed by atoms with Crippen molar-refractivity contribution < 1.29 is 0 Å². The minimum absolute atomic E-state index is 0.843. The van der Waals surface area contributed by atoms with Gasteiger partial charge in [0.1, 0.15) is 0 Å². The van der Waals surface area contributed by atoms with Crippen LogP contribution in [0, 0.1) is 0 Å². The first-order valence-electron chi connectivity index (χ1n) is 7.35. The Balaban J connectivity index is 2.20. The Kier molecular flexibility index (Phi) is 4.04. The fraction of sp³-hybridized carbons (Fsp3) is 0.150. The van der Waals surface area contributed by atoms with Gasteiger partial charge in [0.15, 0.2) is 0 Å². The molecule has 3 rings (SSSR count). The van der Waals surface area contributed by atoms with Crippen LogP contribution >= 0.6 is 10.0 Å². The summed E-state index contributed by atoms with van der Waals surface area (Å²) in [7, 11) is -0.843. The molecule has 1 heterocycles. The molecule has 0 fully saturated rings. The zero-order valence-electron chi connectivity index (χ0n) is 13.3. The first kappa shape index (κ1) is 14.9. The van der Waals surface area contributed by atoms with Gasteiger partial charge in [-0.3, -0.25) is 4.98 Å². The lowest BCUT2D eigenvalue weighted by atomic mass is 10.0. The van der Waals surface area contributed by atoms with Crippen LogP contribution in [0.25, 0.3) is 22.4 Å². The van der Waals surface area contributed by atoms with Gasteiger partial charge in [0.2, 0.25) is 0 Å². The normalized spacial score (nSPS) is 12.1. The molecule has 0 saturated carbocycles. The van der Waals surface area contributed by atoms with Gasteiger partial charge in [-0.2, -0.15) is 0 Å². The van der Waals surface area contributed by atoms with E-state index < -0.39 is 10.0 Å². The summed E-state index contributed by atoms with van der Waals surface area (Å²) in [6.07, 6.45) is 9.02. The molecule has 0 aliphatic carbocycles. The summed E-state index contributed by atoms with van der Waals surface area (Å²) in [5, 5.41) is 0. The Morgan fingerprint density at radius 3 is 1.82 bits per heavy atom. The molecule has 0 aliphatic heterocycles.